The molecule has 0 spiro atoms. The number of hydrogen-bond donors (Lipinski definition) is 1. The summed E-state index contributed by atoms with van der Waals surface area (Å²) in [5.74, 6) is -0.143. The summed E-state index contributed by atoms with van der Waals surface area (Å²) in [6, 6.07) is 16.6. The van der Waals surface area contributed by atoms with E-state index in [1.54, 1.807) is 24.3 Å². The third-order valence-electron chi connectivity index (χ3n) is 5.08. The number of aromatic nitrogens is 1. The molecule has 0 atom stereocenters. The highest BCUT2D eigenvalue weighted by Gasteiger charge is 2.36. The molecule has 0 radical (unpaired) electrons. The summed E-state index contributed by atoms with van der Waals surface area (Å²) in [6.07, 6.45) is 3.44. The summed E-state index contributed by atoms with van der Waals surface area (Å²) in [7, 11) is 3.02. The smallest absolute Gasteiger partial charge is 0.270 e. The second-order valence-electron chi connectivity index (χ2n) is 7.14. The van der Waals surface area contributed by atoms with Crippen molar-refractivity contribution in [1.82, 2.24) is 9.88 Å². The van der Waals surface area contributed by atoms with Crippen molar-refractivity contribution in [2.45, 2.75) is 6.92 Å². The molecule has 32 heavy (non-hydrogen) atoms. The predicted octanol–water partition coefficient (Wildman–Crippen LogP) is 3.63. The Hall–Kier alpha value is -3.91. The second-order valence-corrected chi connectivity index (χ2v) is 7.52. The van der Waals surface area contributed by atoms with Gasteiger partial charge in [0.15, 0.2) is 5.11 Å². The van der Waals surface area contributed by atoms with Gasteiger partial charge in [0, 0.05) is 23.6 Å². The van der Waals surface area contributed by atoms with Gasteiger partial charge in [0.1, 0.15) is 17.1 Å². The first-order valence-electron chi connectivity index (χ1n) is 9.81. The van der Waals surface area contributed by atoms with Crippen LogP contribution < -0.4 is 19.7 Å². The molecule has 2 aromatic carbocycles. The first kappa shape index (κ1) is 21.3. The van der Waals surface area contributed by atoms with Crippen LogP contribution in [0.2, 0.25) is 0 Å². The first-order chi connectivity index (χ1) is 15.4. The van der Waals surface area contributed by atoms with Crippen LogP contribution in [0.3, 0.4) is 0 Å². The molecule has 1 aromatic heterocycles. The van der Waals surface area contributed by atoms with Crippen LogP contribution in [0.25, 0.3) is 11.8 Å². The normalized spacial score (nSPS) is 15.2. The lowest BCUT2D eigenvalue weighted by Gasteiger charge is -2.30. The largest absolute Gasteiger partial charge is 0.497 e. The Balaban J connectivity index is 1.76. The molecule has 7 nitrogen and oxygen atoms in total. The number of thiocarbonyl (C=S) groups is 1. The van der Waals surface area contributed by atoms with E-state index in [-0.39, 0.29) is 10.7 Å². The molecule has 3 aromatic rings. The van der Waals surface area contributed by atoms with E-state index >= 15 is 0 Å². The maximum Gasteiger partial charge on any atom is 0.270 e. The van der Waals surface area contributed by atoms with Crippen molar-refractivity contribution in [1.29, 1.82) is 0 Å². The van der Waals surface area contributed by atoms with Crippen LogP contribution in [0.15, 0.2) is 66.4 Å². The van der Waals surface area contributed by atoms with E-state index in [4.69, 9.17) is 21.7 Å². The van der Waals surface area contributed by atoms with Gasteiger partial charge >= 0.3 is 0 Å². The van der Waals surface area contributed by atoms with Crippen molar-refractivity contribution in [3.05, 3.63) is 77.6 Å². The number of carbonyl (C=O) groups excluding carboxylic acids is 2. The minimum atomic E-state index is -0.555. The molecule has 1 N–H and O–H groups in total. The van der Waals surface area contributed by atoms with Gasteiger partial charge in [-0.3, -0.25) is 14.9 Å². The fourth-order valence-corrected chi connectivity index (χ4v) is 3.79. The number of anilines is 1. The van der Waals surface area contributed by atoms with Gasteiger partial charge in [-0.1, -0.05) is 12.1 Å². The molecule has 1 aliphatic rings. The van der Waals surface area contributed by atoms with Gasteiger partial charge in [0.25, 0.3) is 11.8 Å². The predicted molar refractivity (Wildman–Crippen MR) is 126 cm³/mol. The highest BCUT2D eigenvalue weighted by molar-refractivity contribution is 7.80. The number of carbonyl (C=O) groups is 2. The fraction of sp³-hybridized carbons (Fsp3) is 0.125. The van der Waals surface area contributed by atoms with Gasteiger partial charge in [-0.2, -0.15) is 0 Å². The monoisotopic (exact) mass is 447 g/mol. The van der Waals surface area contributed by atoms with Gasteiger partial charge in [-0.05, 0) is 67.2 Å². The standard InChI is InChI=1S/C24H21N3O4S/c1-15-6-4-7-16(12-15)26-11-5-8-17(26)13-19-22(28)25-24(32)27(23(19)29)20-10-9-18(30-2)14-21(20)31-3/h4-14H,1-3H3,(H,25,28,32). The van der Waals surface area contributed by atoms with E-state index in [0.717, 1.165) is 11.3 Å². The van der Waals surface area contributed by atoms with Gasteiger partial charge < -0.3 is 14.0 Å². The summed E-state index contributed by atoms with van der Waals surface area (Å²) < 4.78 is 12.6. The summed E-state index contributed by atoms with van der Waals surface area (Å²) in [5.41, 5.74) is 3.08. The van der Waals surface area contributed by atoms with Crippen LogP contribution in [-0.2, 0) is 9.59 Å². The quantitative estimate of drug-likeness (QED) is 0.367. The maximum absolute atomic E-state index is 13.4. The molecule has 0 saturated carbocycles. The van der Waals surface area contributed by atoms with Crippen LogP contribution in [0, 0.1) is 6.92 Å². The second kappa shape index (κ2) is 8.68. The molecule has 162 valence electrons. The molecule has 1 fully saturated rings. The molecule has 1 aliphatic heterocycles. The van der Waals surface area contributed by atoms with E-state index in [1.807, 2.05) is 54.1 Å². The van der Waals surface area contributed by atoms with Crippen molar-refractivity contribution >= 4 is 40.9 Å². The topological polar surface area (TPSA) is 72.8 Å². The first-order valence-corrected chi connectivity index (χ1v) is 10.2. The molecule has 0 unspecified atom stereocenters. The van der Waals surface area contributed by atoms with Crippen LogP contribution in [0.5, 0.6) is 11.5 Å². The Labute approximate surface area is 190 Å². The zero-order valence-corrected chi connectivity index (χ0v) is 18.6. The number of aryl methyl sites for hydroxylation is 1. The Bertz CT molecular complexity index is 1260. The number of nitrogens with one attached hydrogen (secondary N) is 1. The van der Waals surface area contributed by atoms with E-state index in [0.29, 0.717) is 22.9 Å². The molecule has 0 aliphatic carbocycles. The van der Waals surface area contributed by atoms with Gasteiger partial charge in [-0.25, -0.2) is 4.90 Å². The van der Waals surface area contributed by atoms with Crippen LogP contribution >= 0.6 is 12.2 Å². The van der Waals surface area contributed by atoms with Gasteiger partial charge in [0.05, 0.1) is 19.9 Å². The Morgan fingerprint density at radius 1 is 1.00 bits per heavy atom. The van der Waals surface area contributed by atoms with E-state index in [1.165, 1.54) is 19.1 Å². The average molecular weight is 448 g/mol. The number of rotatable bonds is 5. The van der Waals surface area contributed by atoms with Gasteiger partial charge in [-0.15, -0.1) is 0 Å². The molecule has 0 bridgehead atoms. The zero-order valence-electron chi connectivity index (χ0n) is 17.8. The summed E-state index contributed by atoms with van der Waals surface area (Å²) in [6.45, 7) is 2.00. The number of ether oxygens (including phenoxy) is 2. The average Bonchev–Trinajstić information content (AvgIpc) is 3.25. The molecule has 4 rings (SSSR count). The fourth-order valence-electron chi connectivity index (χ4n) is 3.52. The minimum Gasteiger partial charge on any atom is -0.497 e. The Morgan fingerprint density at radius 3 is 2.53 bits per heavy atom. The van der Waals surface area contributed by atoms with E-state index in [2.05, 4.69) is 5.32 Å². The number of amides is 2. The third-order valence-corrected chi connectivity index (χ3v) is 5.37. The summed E-state index contributed by atoms with van der Waals surface area (Å²) >= 11 is 5.30. The Kier molecular flexibility index (Phi) is 5.79. The summed E-state index contributed by atoms with van der Waals surface area (Å²) in [5, 5.41) is 2.58. The summed E-state index contributed by atoms with van der Waals surface area (Å²) in [4.78, 5) is 27.4. The zero-order chi connectivity index (χ0) is 22.8. The maximum atomic E-state index is 13.4. The molecule has 2 amide bonds. The van der Waals surface area contributed by atoms with Crippen LogP contribution in [0.4, 0.5) is 5.69 Å². The van der Waals surface area contributed by atoms with Gasteiger partial charge in [0.2, 0.25) is 0 Å². The number of benzene rings is 2. The molecule has 1 saturated heterocycles. The van der Waals surface area contributed by atoms with Crippen LogP contribution in [0.1, 0.15) is 11.3 Å². The number of nitrogens with zero attached hydrogens (tertiary/aromatic N) is 2. The minimum absolute atomic E-state index is 0.0188. The van der Waals surface area contributed by atoms with Crippen molar-refractivity contribution in [2.75, 3.05) is 19.1 Å². The Morgan fingerprint density at radius 2 is 1.81 bits per heavy atom. The van der Waals surface area contributed by atoms with E-state index in [9.17, 15) is 9.59 Å². The molecular formula is C24H21N3O4S. The highest BCUT2D eigenvalue weighted by Crippen LogP contribution is 2.34. The van der Waals surface area contributed by atoms with Crippen molar-refractivity contribution < 1.29 is 19.1 Å². The highest BCUT2D eigenvalue weighted by atomic mass is 32.1. The number of hydrogen-bond acceptors (Lipinski definition) is 5. The molecule has 8 heteroatoms. The number of methoxy groups -OCH3 is 2. The SMILES string of the molecule is COc1ccc(N2C(=O)C(=Cc3cccn3-c3cccc(C)c3)C(=O)NC2=S)c(OC)c1. The molecular weight excluding hydrogens is 426 g/mol. The van der Waals surface area contributed by atoms with E-state index < -0.39 is 11.8 Å². The third kappa shape index (κ3) is 3.88. The van der Waals surface area contributed by atoms with Crippen LogP contribution in [-0.4, -0.2) is 35.7 Å². The lowest BCUT2D eigenvalue weighted by molar-refractivity contribution is -0.122. The molecule has 2 heterocycles. The lowest BCUT2D eigenvalue weighted by Crippen LogP contribution is -2.54. The lowest BCUT2D eigenvalue weighted by atomic mass is 10.1. The van der Waals surface area contributed by atoms with Crippen molar-refractivity contribution in [3.8, 4) is 17.2 Å². The van der Waals surface area contributed by atoms with Crippen molar-refractivity contribution in [2.24, 2.45) is 0 Å². The van der Waals surface area contributed by atoms with Crippen molar-refractivity contribution in [3.63, 3.8) is 0 Å².